The van der Waals surface area contributed by atoms with Gasteiger partial charge in [0.05, 0.1) is 23.3 Å². The van der Waals surface area contributed by atoms with Gasteiger partial charge in [-0.2, -0.15) is 0 Å². The Morgan fingerprint density at radius 2 is 1.70 bits per heavy atom. The van der Waals surface area contributed by atoms with Gasteiger partial charge in [-0.15, -0.1) is 0 Å². The third-order valence-corrected chi connectivity index (χ3v) is 4.08. The van der Waals surface area contributed by atoms with Gasteiger partial charge >= 0.3 is 0 Å². The van der Waals surface area contributed by atoms with Gasteiger partial charge in [0.15, 0.2) is 0 Å². The van der Waals surface area contributed by atoms with Crippen molar-refractivity contribution in [3.05, 3.63) is 27.7 Å². The Morgan fingerprint density at radius 1 is 1.05 bits per heavy atom. The van der Waals surface area contributed by atoms with Gasteiger partial charge in [0.25, 0.3) is 0 Å². The van der Waals surface area contributed by atoms with E-state index in [9.17, 15) is 5.11 Å². The van der Waals surface area contributed by atoms with E-state index < -0.39 is 6.10 Å². The Morgan fingerprint density at radius 3 is 2.35 bits per heavy atom. The summed E-state index contributed by atoms with van der Waals surface area (Å²) in [4.78, 5) is 0. The van der Waals surface area contributed by atoms with E-state index >= 15 is 0 Å². The molecule has 0 aliphatic rings. The normalized spacial score (nSPS) is 12.4. The number of ether oxygens (including phenoxy) is 1. The van der Waals surface area contributed by atoms with Crippen LogP contribution in [0.2, 0.25) is 10.0 Å². The number of benzene rings is 1. The van der Waals surface area contributed by atoms with Crippen LogP contribution in [0.5, 0.6) is 5.75 Å². The van der Waals surface area contributed by atoms with Crippen LogP contribution in [-0.4, -0.2) is 12.2 Å². The lowest BCUT2D eigenvalue weighted by molar-refractivity contribution is 0.163. The summed E-state index contributed by atoms with van der Waals surface area (Å²) in [5.74, 6) is 0.534. The van der Waals surface area contributed by atoms with Crippen molar-refractivity contribution in [3.8, 4) is 5.75 Å². The van der Waals surface area contributed by atoms with Gasteiger partial charge in [0.2, 0.25) is 0 Å². The maximum Gasteiger partial charge on any atom is 0.138 e. The van der Waals surface area contributed by atoms with Crippen LogP contribution in [0.4, 0.5) is 0 Å². The first-order valence-electron chi connectivity index (χ1n) is 7.31. The summed E-state index contributed by atoms with van der Waals surface area (Å²) in [6.07, 6.45) is 7.37. The lowest BCUT2D eigenvalue weighted by Crippen LogP contribution is -1.99. The fourth-order valence-electron chi connectivity index (χ4n) is 2.23. The van der Waals surface area contributed by atoms with Crippen molar-refractivity contribution in [3.63, 3.8) is 0 Å². The molecule has 1 N–H and O–H groups in total. The van der Waals surface area contributed by atoms with E-state index in [1.165, 1.54) is 25.7 Å². The van der Waals surface area contributed by atoms with Crippen molar-refractivity contribution in [1.82, 2.24) is 0 Å². The standard InChI is InChI=1S/C16H24Cl2O2/c1-3-4-5-6-7-8-9-15(19)12-10-14(18)16(20-2)11-13(12)17/h10-11,15,19H,3-9H2,1-2H3. The Balaban J connectivity index is 2.47. The number of hydrogen-bond donors (Lipinski definition) is 1. The summed E-state index contributed by atoms with van der Waals surface area (Å²) in [5, 5.41) is 11.2. The molecule has 0 radical (unpaired) electrons. The van der Waals surface area contributed by atoms with Crippen molar-refractivity contribution in [1.29, 1.82) is 0 Å². The zero-order chi connectivity index (χ0) is 15.0. The first-order chi connectivity index (χ1) is 9.60. The largest absolute Gasteiger partial charge is 0.495 e. The van der Waals surface area contributed by atoms with E-state index in [0.717, 1.165) is 12.8 Å². The van der Waals surface area contributed by atoms with Crippen molar-refractivity contribution in [2.75, 3.05) is 7.11 Å². The van der Waals surface area contributed by atoms with Gasteiger partial charge in [-0.25, -0.2) is 0 Å². The minimum atomic E-state index is -0.558. The summed E-state index contributed by atoms with van der Waals surface area (Å²) in [6, 6.07) is 3.36. The number of hydrogen-bond acceptors (Lipinski definition) is 2. The first-order valence-corrected chi connectivity index (χ1v) is 8.06. The number of rotatable bonds is 9. The summed E-state index contributed by atoms with van der Waals surface area (Å²) in [7, 11) is 1.55. The monoisotopic (exact) mass is 318 g/mol. The van der Waals surface area contributed by atoms with Crippen LogP contribution < -0.4 is 4.74 Å². The van der Waals surface area contributed by atoms with E-state index in [1.54, 1.807) is 19.2 Å². The topological polar surface area (TPSA) is 29.5 Å². The number of methoxy groups -OCH3 is 1. The maximum atomic E-state index is 10.2. The summed E-state index contributed by atoms with van der Waals surface area (Å²) in [5.41, 5.74) is 0.686. The highest BCUT2D eigenvalue weighted by molar-refractivity contribution is 6.34. The van der Waals surface area contributed by atoms with E-state index in [-0.39, 0.29) is 0 Å². The lowest BCUT2D eigenvalue weighted by atomic mass is 10.0. The molecule has 0 saturated heterocycles. The summed E-state index contributed by atoms with van der Waals surface area (Å²) < 4.78 is 5.10. The average Bonchev–Trinajstić information content (AvgIpc) is 2.44. The van der Waals surface area contributed by atoms with Crippen LogP contribution >= 0.6 is 23.2 Å². The van der Waals surface area contributed by atoms with Crippen LogP contribution in [0.15, 0.2) is 12.1 Å². The molecule has 114 valence electrons. The van der Waals surface area contributed by atoms with Crippen LogP contribution in [0.1, 0.15) is 63.5 Å². The molecule has 1 atom stereocenters. The molecule has 1 aromatic rings. The number of aliphatic hydroxyl groups excluding tert-OH is 1. The lowest BCUT2D eigenvalue weighted by Gasteiger charge is -2.14. The van der Waals surface area contributed by atoms with Crippen molar-refractivity contribution in [2.24, 2.45) is 0 Å². The maximum absolute atomic E-state index is 10.2. The Hall–Kier alpha value is -0.440. The van der Waals surface area contributed by atoms with Crippen molar-refractivity contribution < 1.29 is 9.84 Å². The predicted octanol–water partition coefficient (Wildman–Crippen LogP) is 5.79. The molecule has 1 unspecified atom stereocenters. The fourth-order valence-corrected chi connectivity index (χ4v) is 2.76. The number of aliphatic hydroxyl groups is 1. The molecule has 2 nitrogen and oxygen atoms in total. The van der Waals surface area contributed by atoms with Gasteiger partial charge in [-0.1, -0.05) is 68.7 Å². The molecule has 0 bridgehead atoms. The highest BCUT2D eigenvalue weighted by atomic mass is 35.5. The second-order valence-corrected chi connectivity index (χ2v) is 5.89. The minimum Gasteiger partial charge on any atom is -0.495 e. The van der Waals surface area contributed by atoms with E-state index in [4.69, 9.17) is 27.9 Å². The van der Waals surface area contributed by atoms with Crippen LogP contribution in [-0.2, 0) is 0 Å². The quantitative estimate of drug-likeness (QED) is 0.584. The molecule has 0 fully saturated rings. The molecule has 0 aliphatic heterocycles. The fraction of sp³-hybridized carbons (Fsp3) is 0.625. The minimum absolute atomic E-state index is 0.480. The molecule has 0 aliphatic carbocycles. The van der Waals surface area contributed by atoms with Gasteiger partial charge in [-0.05, 0) is 12.5 Å². The molecule has 0 saturated carbocycles. The molecule has 1 rings (SSSR count). The van der Waals surface area contributed by atoms with E-state index in [1.807, 2.05) is 0 Å². The first kappa shape index (κ1) is 17.6. The van der Waals surface area contributed by atoms with Gasteiger partial charge < -0.3 is 9.84 Å². The van der Waals surface area contributed by atoms with Crippen LogP contribution in [0, 0.1) is 0 Å². The van der Waals surface area contributed by atoms with Crippen molar-refractivity contribution >= 4 is 23.2 Å². The smallest absolute Gasteiger partial charge is 0.138 e. The SMILES string of the molecule is CCCCCCCCC(O)c1cc(Cl)c(OC)cc1Cl. The highest BCUT2D eigenvalue weighted by Crippen LogP contribution is 2.35. The molecular weight excluding hydrogens is 295 g/mol. The molecule has 20 heavy (non-hydrogen) atoms. The zero-order valence-corrected chi connectivity index (χ0v) is 13.8. The molecular formula is C16H24Cl2O2. The molecule has 4 heteroatoms. The second kappa shape index (κ2) is 9.49. The average molecular weight is 319 g/mol. The van der Waals surface area contributed by atoms with Crippen molar-refractivity contribution in [2.45, 2.75) is 58.0 Å². The zero-order valence-electron chi connectivity index (χ0n) is 12.3. The third-order valence-electron chi connectivity index (χ3n) is 3.46. The number of unbranched alkanes of at least 4 members (excludes halogenated alkanes) is 5. The van der Waals surface area contributed by atoms with E-state index in [2.05, 4.69) is 6.92 Å². The van der Waals surface area contributed by atoms with Gasteiger partial charge in [0.1, 0.15) is 5.75 Å². The molecule has 0 spiro atoms. The molecule has 0 amide bonds. The highest BCUT2D eigenvalue weighted by Gasteiger charge is 2.14. The third kappa shape index (κ3) is 5.51. The van der Waals surface area contributed by atoms with E-state index in [0.29, 0.717) is 27.8 Å². The Kier molecular flexibility index (Phi) is 8.35. The number of halogens is 2. The van der Waals surface area contributed by atoms with Gasteiger partial charge in [0, 0.05) is 11.6 Å². The van der Waals surface area contributed by atoms with Gasteiger partial charge in [-0.3, -0.25) is 0 Å². The summed E-state index contributed by atoms with van der Waals surface area (Å²) >= 11 is 12.2. The predicted molar refractivity (Wildman–Crippen MR) is 86.0 cm³/mol. The van der Waals surface area contributed by atoms with Crippen LogP contribution in [0.25, 0.3) is 0 Å². The Labute approximate surface area is 132 Å². The molecule has 0 heterocycles. The molecule has 0 aromatic heterocycles. The second-order valence-electron chi connectivity index (χ2n) is 5.08. The Bertz CT molecular complexity index is 408. The van der Waals surface area contributed by atoms with Crippen LogP contribution in [0.3, 0.4) is 0 Å². The summed E-state index contributed by atoms with van der Waals surface area (Å²) in [6.45, 7) is 2.21. The molecule has 1 aromatic carbocycles.